The van der Waals surface area contributed by atoms with Crippen LogP contribution in [0.1, 0.15) is 5.69 Å². The molecule has 0 unspecified atom stereocenters. The van der Waals surface area contributed by atoms with Gasteiger partial charge in [-0.3, -0.25) is 4.98 Å². The Morgan fingerprint density at radius 2 is 2.20 bits per heavy atom. The lowest BCUT2D eigenvalue weighted by Gasteiger charge is -2.04. The van der Waals surface area contributed by atoms with Crippen molar-refractivity contribution in [3.05, 3.63) is 36.3 Å². The van der Waals surface area contributed by atoms with Gasteiger partial charge in [-0.15, -0.1) is 0 Å². The van der Waals surface area contributed by atoms with Crippen molar-refractivity contribution < 1.29 is 0 Å². The quantitative estimate of drug-likeness (QED) is 0.562. The zero-order chi connectivity index (χ0) is 10.7. The number of nitrogens with zero attached hydrogens (tertiary/aromatic N) is 3. The molecule has 0 bridgehead atoms. The van der Waals surface area contributed by atoms with E-state index in [2.05, 4.69) is 20.4 Å². The van der Waals surface area contributed by atoms with E-state index in [0.717, 1.165) is 11.3 Å². The molecule has 0 amide bonds. The molecule has 0 aliphatic rings. The number of nitrogens with two attached hydrogens (primary N) is 1. The van der Waals surface area contributed by atoms with Crippen molar-refractivity contribution in [2.75, 3.05) is 5.43 Å². The number of anilines is 1. The predicted molar refractivity (Wildman–Crippen MR) is 57.8 cm³/mol. The summed E-state index contributed by atoms with van der Waals surface area (Å²) in [5, 5.41) is 0. The molecule has 5 heteroatoms. The van der Waals surface area contributed by atoms with Crippen LogP contribution in [0, 0.1) is 6.92 Å². The maximum Gasteiger partial charge on any atom is 0.163 e. The van der Waals surface area contributed by atoms with Crippen LogP contribution in [0.3, 0.4) is 0 Å². The third kappa shape index (κ3) is 2.08. The van der Waals surface area contributed by atoms with E-state index in [1.165, 1.54) is 0 Å². The van der Waals surface area contributed by atoms with Gasteiger partial charge in [0, 0.05) is 29.7 Å². The SMILES string of the molecule is Cc1cc(NN)nc(-c2cccnc2)n1. The highest BCUT2D eigenvalue weighted by Gasteiger charge is 2.03. The summed E-state index contributed by atoms with van der Waals surface area (Å²) in [6, 6.07) is 5.53. The number of aromatic nitrogens is 3. The Labute approximate surface area is 87.4 Å². The van der Waals surface area contributed by atoms with Gasteiger partial charge in [0.25, 0.3) is 0 Å². The minimum atomic E-state index is 0.598. The highest BCUT2D eigenvalue weighted by Crippen LogP contribution is 2.15. The molecule has 0 aliphatic carbocycles. The average molecular weight is 201 g/mol. The molecule has 5 nitrogen and oxygen atoms in total. The summed E-state index contributed by atoms with van der Waals surface area (Å²) in [5.41, 5.74) is 4.24. The van der Waals surface area contributed by atoms with E-state index in [1.54, 1.807) is 18.5 Å². The van der Waals surface area contributed by atoms with Crippen LogP contribution in [-0.2, 0) is 0 Å². The fraction of sp³-hybridized carbons (Fsp3) is 0.100. The Kier molecular flexibility index (Phi) is 2.55. The number of hydrogen-bond acceptors (Lipinski definition) is 5. The van der Waals surface area contributed by atoms with Gasteiger partial charge in [0.2, 0.25) is 0 Å². The molecule has 0 aliphatic heterocycles. The fourth-order valence-corrected chi connectivity index (χ4v) is 1.27. The molecule has 0 spiro atoms. The van der Waals surface area contributed by atoms with Gasteiger partial charge < -0.3 is 5.43 Å². The third-order valence-corrected chi connectivity index (χ3v) is 1.92. The van der Waals surface area contributed by atoms with Crippen LogP contribution >= 0.6 is 0 Å². The van der Waals surface area contributed by atoms with Gasteiger partial charge in [0.05, 0.1) is 0 Å². The van der Waals surface area contributed by atoms with Crippen LogP contribution in [-0.4, -0.2) is 15.0 Å². The second kappa shape index (κ2) is 4.02. The smallest absolute Gasteiger partial charge is 0.163 e. The molecule has 0 aromatic carbocycles. The number of pyridine rings is 1. The molecule has 2 heterocycles. The van der Waals surface area contributed by atoms with E-state index < -0.39 is 0 Å². The van der Waals surface area contributed by atoms with Gasteiger partial charge in [0.15, 0.2) is 5.82 Å². The number of nitrogen functional groups attached to an aromatic ring is 1. The van der Waals surface area contributed by atoms with E-state index in [9.17, 15) is 0 Å². The number of hydrogen-bond donors (Lipinski definition) is 2. The molecule has 2 aromatic rings. The summed E-state index contributed by atoms with van der Waals surface area (Å²) in [4.78, 5) is 12.6. The highest BCUT2D eigenvalue weighted by atomic mass is 15.3. The second-order valence-corrected chi connectivity index (χ2v) is 3.10. The van der Waals surface area contributed by atoms with E-state index in [0.29, 0.717) is 11.6 Å². The van der Waals surface area contributed by atoms with E-state index >= 15 is 0 Å². The maximum absolute atomic E-state index is 5.31. The van der Waals surface area contributed by atoms with E-state index in [1.807, 2.05) is 19.1 Å². The summed E-state index contributed by atoms with van der Waals surface area (Å²) in [6.07, 6.45) is 3.43. The zero-order valence-corrected chi connectivity index (χ0v) is 8.31. The van der Waals surface area contributed by atoms with Crippen molar-refractivity contribution in [1.82, 2.24) is 15.0 Å². The largest absolute Gasteiger partial charge is 0.308 e. The molecule has 0 atom stereocenters. The molecular weight excluding hydrogens is 190 g/mol. The maximum atomic E-state index is 5.31. The number of aryl methyl sites for hydroxylation is 1. The molecule has 0 saturated carbocycles. The van der Waals surface area contributed by atoms with Crippen molar-refractivity contribution in [1.29, 1.82) is 0 Å². The Hall–Kier alpha value is -2.01. The molecule has 0 saturated heterocycles. The van der Waals surface area contributed by atoms with E-state index in [4.69, 9.17) is 5.84 Å². The van der Waals surface area contributed by atoms with Gasteiger partial charge in [-0.1, -0.05) is 0 Å². The van der Waals surface area contributed by atoms with Crippen LogP contribution in [0.2, 0.25) is 0 Å². The van der Waals surface area contributed by atoms with Crippen LogP contribution in [0.25, 0.3) is 11.4 Å². The normalized spacial score (nSPS) is 10.0. The van der Waals surface area contributed by atoms with Gasteiger partial charge in [0.1, 0.15) is 5.82 Å². The zero-order valence-electron chi connectivity index (χ0n) is 8.31. The average Bonchev–Trinajstić information content (AvgIpc) is 2.29. The van der Waals surface area contributed by atoms with Gasteiger partial charge in [-0.05, 0) is 19.1 Å². The van der Waals surface area contributed by atoms with Crippen molar-refractivity contribution in [2.24, 2.45) is 5.84 Å². The molecule has 0 fully saturated rings. The van der Waals surface area contributed by atoms with Crippen molar-refractivity contribution in [2.45, 2.75) is 6.92 Å². The number of hydrazine groups is 1. The minimum absolute atomic E-state index is 0.598. The summed E-state index contributed by atoms with van der Waals surface area (Å²) in [5.74, 6) is 6.53. The summed E-state index contributed by atoms with van der Waals surface area (Å²) >= 11 is 0. The van der Waals surface area contributed by atoms with Gasteiger partial charge in [-0.25, -0.2) is 15.8 Å². The molecule has 15 heavy (non-hydrogen) atoms. The molecule has 0 radical (unpaired) electrons. The lowest BCUT2D eigenvalue weighted by Crippen LogP contribution is -2.09. The Morgan fingerprint density at radius 1 is 1.33 bits per heavy atom. The van der Waals surface area contributed by atoms with Gasteiger partial charge >= 0.3 is 0 Å². The van der Waals surface area contributed by atoms with E-state index in [-0.39, 0.29) is 0 Å². The molecule has 3 N–H and O–H groups in total. The summed E-state index contributed by atoms with van der Waals surface area (Å²) < 4.78 is 0. The van der Waals surface area contributed by atoms with Crippen LogP contribution < -0.4 is 11.3 Å². The Balaban J connectivity index is 2.49. The predicted octanol–water partition coefficient (Wildman–Crippen LogP) is 1.13. The third-order valence-electron chi connectivity index (χ3n) is 1.92. The first-order valence-electron chi connectivity index (χ1n) is 4.52. The Morgan fingerprint density at radius 3 is 2.87 bits per heavy atom. The summed E-state index contributed by atoms with van der Waals surface area (Å²) in [7, 11) is 0. The first-order chi connectivity index (χ1) is 7.29. The molecular formula is C10H11N5. The molecule has 76 valence electrons. The lowest BCUT2D eigenvalue weighted by atomic mass is 10.2. The molecule has 2 aromatic heterocycles. The van der Waals surface area contributed by atoms with Crippen molar-refractivity contribution in [3.8, 4) is 11.4 Å². The standard InChI is InChI=1S/C10H11N5/c1-7-5-9(15-11)14-10(13-7)8-3-2-4-12-6-8/h2-6H,11H2,1H3,(H,13,14,15). The second-order valence-electron chi connectivity index (χ2n) is 3.10. The van der Waals surface area contributed by atoms with Crippen molar-refractivity contribution in [3.63, 3.8) is 0 Å². The first kappa shape index (κ1) is 9.54. The molecule has 2 rings (SSSR count). The minimum Gasteiger partial charge on any atom is -0.308 e. The van der Waals surface area contributed by atoms with Crippen LogP contribution in [0.4, 0.5) is 5.82 Å². The van der Waals surface area contributed by atoms with Crippen LogP contribution in [0.5, 0.6) is 0 Å². The highest BCUT2D eigenvalue weighted by molar-refractivity contribution is 5.55. The monoisotopic (exact) mass is 201 g/mol. The topological polar surface area (TPSA) is 76.7 Å². The summed E-state index contributed by atoms with van der Waals surface area (Å²) in [6.45, 7) is 1.89. The Bertz CT molecular complexity index is 455. The number of nitrogens with one attached hydrogen (secondary N) is 1. The lowest BCUT2D eigenvalue weighted by molar-refractivity contribution is 1.09. The fourth-order valence-electron chi connectivity index (χ4n) is 1.27. The van der Waals surface area contributed by atoms with Gasteiger partial charge in [-0.2, -0.15) is 0 Å². The first-order valence-corrected chi connectivity index (χ1v) is 4.52. The van der Waals surface area contributed by atoms with Crippen LogP contribution in [0.15, 0.2) is 30.6 Å². The van der Waals surface area contributed by atoms with Crippen molar-refractivity contribution >= 4 is 5.82 Å². The number of rotatable bonds is 2.